The SMILES string of the molecule is Cc1ccccc1CC(NN)c1cnnn1C. The van der Waals surface area contributed by atoms with Crippen molar-refractivity contribution in [1.82, 2.24) is 20.4 Å². The first-order valence-electron chi connectivity index (χ1n) is 5.57. The van der Waals surface area contributed by atoms with Gasteiger partial charge in [0.15, 0.2) is 0 Å². The van der Waals surface area contributed by atoms with Gasteiger partial charge < -0.3 is 0 Å². The molecule has 1 unspecified atom stereocenters. The molecule has 0 amide bonds. The average Bonchev–Trinajstić information content (AvgIpc) is 2.75. The van der Waals surface area contributed by atoms with Crippen LogP contribution in [-0.4, -0.2) is 15.0 Å². The molecule has 90 valence electrons. The minimum Gasteiger partial charge on any atom is -0.271 e. The molecule has 1 atom stereocenters. The normalized spacial score (nSPS) is 12.6. The summed E-state index contributed by atoms with van der Waals surface area (Å²) in [5.41, 5.74) is 6.34. The van der Waals surface area contributed by atoms with Crippen molar-refractivity contribution in [3.05, 3.63) is 47.3 Å². The molecule has 0 aliphatic heterocycles. The fourth-order valence-corrected chi connectivity index (χ4v) is 1.92. The Balaban J connectivity index is 2.22. The van der Waals surface area contributed by atoms with E-state index >= 15 is 0 Å². The van der Waals surface area contributed by atoms with Crippen molar-refractivity contribution in [1.29, 1.82) is 0 Å². The first kappa shape index (κ1) is 11.8. The lowest BCUT2D eigenvalue weighted by Crippen LogP contribution is -2.31. The van der Waals surface area contributed by atoms with E-state index < -0.39 is 0 Å². The lowest BCUT2D eigenvalue weighted by Gasteiger charge is -2.16. The zero-order valence-electron chi connectivity index (χ0n) is 10.1. The summed E-state index contributed by atoms with van der Waals surface area (Å²) in [6, 6.07) is 8.32. The lowest BCUT2D eigenvalue weighted by molar-refractivity contribution is 0.506. The Hall–Kier alpha value is -1.72. The fourth-order valence-electron chi connectivity index (χ4n) is 1.92. The van der Waals surface area contributed by atoms with Crippen molar-refractivity contribution in [2.24, 2.45) is 12.9 Å². The molecule has 0 saturated heterocycles. The van der Waals surface area contributed by atoms with E-state index in [1.807, 2.05) is 19.2 Å². The third-order valence-electron chi connectivity index (χ3n) is 2.99. The highest BCUT2D eigenvalue weighted by molar-refractivity contribution is 5.27. The van der Waals surface area contributed by atoms with Gasteiger partial charge >= 0.3 is 0 Å². The van der Waals surface area contributed by atoms with Gasteiger partial charge in [-0.3, -0.25) is 16.0 Å². The molecule has 1 aromatic carbocycles. The Morgan fingerprint density at radius 1 is 1.41 bits per heavy atom. The van der Waals surface area contributed by atoms with Crippen LogP contribution >= 0.6 is 0 Å². The van der Waals surface area contributed by atoms with Crippen molar-refractivity contribution in [2.75, 3.05) is 0 Å². The van der Waals surface area contributed by atoms with Crippen LogP contribution < -0.4 is 11.3 Å². The van der Waals surface area contributed by atoms with Gasteiger partial charge in [-0.2, -0.15) is 0 Å². The van der Waals surface area contributed by atoms with Gasteiger partial charge in [0.25, 0.3) is 0 Å². The number of rotatable bonds is 4. The Bertz CT molecular complexity index is 491. The summed E-state index contributed by atoms with van der Waals surface area (Å²) in [4.78, 5) is 0. The Morgan fingerprint density at radius 3 is 2.76 bits per heavy atom. The van der Waals surface area contributed by atoms with Crippen LogP contribution in [0.25, 0.3) is 0 Å². The average molecular weight is 231 g/mol. The Kier molecular flexibility index (Phi) is 3.51. The Labute approximate surface area is 101 Å². The van der Waals surface area contributed by atoms with Crippen molar-refractivity contribution >= 4 is 0 Å². The summed E-state index contributed by atoms with van der Waals surface area (Å²) in [7, 11) is 1.87. The lowest BCUT2D eigenvalue weighted by atomic mass is 10.00. The van der Waals surface area contributed by atoms with Crippen molar-refractivity contribution in [2.45, 2.75) is 19.4 Å². The number of hydrogen-bond acceptors (Lipinski definition) is 4. The maximum absolute atomic E-state index is 5.61. The molecule has 0 saturated carbocycles. The van der Waals surface area contributed by atoms with Crippen LogP contribution in [-0.2, 0) is 13.5 Å². The molecular weight excluding hydrogens is 214 g/mol. The molecule has 0 fully saturated rings. The standard InChI is InChI=1S/C12H17N5/c1-9-5-3-4-6-10(9)7-11(15-13)12-8-14-16-17(12)2/h3-6,8,11,15H,7,13H2,1-2H3. The molecule has 0 radical (unpaired) electrons. The summed E-state index contributed by atoms with van der Waals surface area (Å²) in [6.45, 7) is 2.10. The maximum atomic E-state index is 5.61. The maximum Gasteiger partial charge on any atom is 0.0770 e. The molecule has 0 bridgehead atoms. The molecule has 2 rings (SSSR count). The van der Waals surface area contributed by atoms with E-state index in [2.05, 4.69) is 34.8 Å². The fraction of sp³-hybridized carbons (Fsp3) is 0.333. The van der Waals surface area contributed by atoms with Crippen LogP contribution in [0.2, 0.25) is 0 Å². The number of hydrogen-bond donors (Lipinski definition) is 2. The number of hydrazine groups is 1. The van der Waals surface area contributed by atoms with E-state index in [9.17, 15) is 0 Å². The van der Waals surface area contributed by atoms with Crippen LogP contribution in [0.4, 0.5) is 0 Å². The van der Waals surface area contributed by atoms with E-state index in [0.29, 0.717) is 0 Å². The second-order valence-electron chi connectivity index (χ2n) is 4.13. The molecule has 0 aliphatic carbocycles. The summed E-state index contributed by atoms with van der Waals surface area (Å²) >= 11 is 0. The van der Waals surface area contributed by atoms with Crippen molar-refractivity contribution in [3.8, 4) is 0 Å². The molecule has 1 aromatic heterocycles. The van der Waals surface area contributed by atoms with E-state index in [-0.39, 0.29) is 6.04 Å². The summed E-state index contributed by atoms with van der Waals surface area (Å²) in [6.07, 6.45) is 2.56. The number of nitrogens with zero attached hydrogens (tertiary/aromatic N) is 3. The van der Waals surface area contributed by atoms with Crippen LogP contribution in [0, 0.1) is 6.92 Å². The van der Waals surface area contributed by atoms with Crippen molar-refractivity contribution in [3.63, 3.8) is 0 Å². The second kappa shape index (κ2) is 5.07. The molecular formula is C12H17N5. The summed E-state index contributed by atoms with van der Waals surface area (Å²) in [5.74, 6) is 5.61. The van der Waals surface area contributed by atoms with Gasteiger partial charge in [-0.25, -0.2) is 0 Å². The van der Waals surface area contributed by atoms with Gasteiger partial charge in [0, 0.05) is 7.05 Å². The van der Waals surface area contributed by atoms with E-state index in [0.717, 1.165) is 12.1 Å². The van der Waals surface area contributed by atoms with E-state index in [1.54, 1.807) is 10.9 Å². The number of nitrogens with two attached hydrogens (primary N) is 1. The smallest absolute Gasteiger partial charge is 0.0770 e. The predicted molar refractivity (Wildman–Crippen MR) is 66.0 cm³/mol. The number of nitrogens with one attached hydrogen (secondary N) is 1. The van der Waals surface area contributed by atoms with Crippen LogP contribution in [0.1, 0.15) is 22.9 Å². The number of benzene rings is 1. The minimum atomic E-state index is 0.0242. The molecule has 1 heterocycles. The zero-order chi connectivity index (χ0) is 12.3. The minimum absolute atomic E-state index is 0.0242. The Morgan fingerprint density at radius 2 is 2.18 bits per heavy atom. The summed E-state index contributed by atoms with van der Waals surface area (Å²) in [5, 5.41) is 7.79. The van der Waals surface area contributed by atoms with Crippen molar-refractivity contribution < 1.29 is 0 Å². The molecule has 5 heteroatoms. The highest BCUT2D eigenvalue weighted by atomic mass is 15.4. The van der Waals surface area contributed by atoms with Crippen LogP contribution in [0.15, 0.2) is 30.5 Å². The first-order chi connectivity index (χ1) is 8.22. The first-order valence-corrected chi connectivity index (χ1v) is 5.57. The molecule has 2 aromatic rings. The van der Waals surface area contributed by atoms with Gasteiger partial charge in [0.2, 0.25) is 0 Å². The third-order valence-corrected chi connectivity index (χ3v) is 2.99. The van der Waals surface area contributed by atoms with Gasteiger partial charge in [0.05, 0.1) is 17.9 Å². The quantitative estimate of drug-likeness (QED) is 0.605. The highest BCUT2D eigenvalue weighted by Gasteiger charge is 2.15. The zero-order valence-corrected chi connectivity index (χ0v) is 10.1. The topological polar surface area (TPSA) is 68.8 Å². The highest BCUT2D eigenvalue weighted by Crippen LogP contribution is 2.18. The van der Waals surface area contributed by atoms with Gasteiger partial charge in [-0.05, 0) is 24.5 Å². The monoisotopic (exact) mass is 231 g/mol. The van der Waals surface area contributed by atoms with Gasteiger partial charge in [-0.15, -0.1) is 5.10 Å². The molecule has 0 aliphatic rings. The van der Waals surface area contributed by atoms with Gasteiger partial charge in [0.1, 0.15) is 0 Å². The summed E-state index contributed by atoms with van der Waals surface area (Å²) < 4.78 is 1.74. The van der Waals surface area contributed by atoms with Crippen LogP contribution in [0.3, 0.4) is 0 Å². The number of aryl methyl sites for hydroxylation is 2. The predicted octanol–water partition coefficient (Wildman–Crippen LogP) is 0.871. The largest absolute Gasteiger partial charge is 0.271 e. The molecule has 5 nitrogen and oxygen atoms in total. The second-order valence-corrected chi connectivity index (χ2v) is 4.13. The van der Waals surface area contributed by atoms with E-state index in [4.69, 9.17) is 5.84 Å². The number of aromatic nitrogens is 3. The van der Waals surface area contributed by atoms with E-state index in [1.165, 1.54) is 11.1 Å². The van der Waals surface area contributed by atoms with Gasteiger partial charge in [-0.1, -0.05) is 29.5 Å². The molecule has 17 heavy (non-hydrogen) atoms. The molecule has 3 N–H and O–H groups in total. The molecule has 0 spiro atoms. The van der Waals surface area contributed by atoms with Crippen LogP contribution in [0.5, 0.6) is 0 Å². The third kappa shape index (κ3) is 2.51.